The number of carbonyl (C=O) groups excluding carboxylic acids is 3. The van der Waals surface area contributed by atoms with Gasteiger partial charge in [0.25, 0.3) is 0 Å². The van der Waals surface area contributed by atoms with Crippen molar-refractivity contribution in [2.75, 3.05) is 13.2 Å². The van der Waals surface area contributed by atoms with E-state index in [1.165, 1.54) is 19.3 Å². The average molecular weight is 994 g/mol. The van der Waals surface area contributed by atoms with Crippen LogP contribution in [0.25, 0.3) is 0 Å². The van der Waals surface area contributed by atoms with Crippen LogP contribution < -0.4 is 0 Å². The lowest BCUT2D eigenvalue weighted by Crippen LogP contribution is -2.30. The van der Waals surface area contributed by atoms with Crippen molar-refractivity contribution in [1.29, 1.82) is 0 Å². The molecule has 0 saturated carbocycles. The van der Waals surface area contributed by atoms with E-state index in [4.69, 9.17) is 14.2 Å². The van der Waals surface area contributed by atoms with E-state index in [1.54, 1.807) is 0 Å². The lowest BCUT2D eigenvalue weighted by molar-refractivity contribution is -0.167. The highest BCUT2D eigenvalue weighted by molar-refractivity contribution is 5.71. The second-order valence-electron chi connectivity index (χ2n) is 18.4. The van der Waals surface area contributed by atoms with Crippen molar-refractivity contribution in [2.24, 2.45) is 0 Å². The van der Waals surface area contributed by atoms with Gasteiger partial charge in [-0.1, -0.05) is 237 Å². The highest BCUT2D eigenvalue weighted by Crippen LogP contribution is 2.13. The molecule has 0 amide bonds. The molecule has 1 unspecified atom stereocenters. The zero-order valence-electron chi connectivity index (χ0n) is 46.1. The molecular weight excluding hydrogens is 889 g/mol. The first kappa shape index (κ1) is 67.3. The van der Waals surface area contributed by atoms with E-state index >= 15 is 0 Å². The zero-order chi connectivity index (χ0) is 52.2. The standard InChI is InChI=1S/C66H104O6/c1-4-7-10-13-16-18-20-22-24-26-28-30-31-32-33-34-35-37-38-40-42-44-46-48-50-53-56-59-65(68)71-62-63(61-70-64(67)58-55-52-15-12-9-6-3)72-66(69)60-57-54-51-49-47-45-43-41-39-36-29-27-25-23-21-19-17-14-11-8-5-2/h7-8,10-11,16-19,22-25,28-30,32-33,35-37,40-43,63H,4-6,9,12-15,20-21,26-27,31,34,38-39,44-62H2,1-3H3/b10-7-,11-8-,18-16-,19-17-,24-22-,25-23-,30-28-,33-32-,36-29-,37-35-,42-40-,43-41-. The minimum absolute atomic E-state index is 0.0979. The van der Waals surface area contributed by atoms with Crippen molar-refractivity contribution in [3.05, 3.63) is 146 Å². The van der Waals surface area contributed by atoms with Gasteiger partial charge in [-0.3, -0.25) is 14.4 Å². The van der Waals surface area contributed by atoms with E-state index < -0.39 is 6.10 Å². The fourth-order valence-electron chi connectivity index (χ4n) is 7.33. The number of allylic oxidation sites excluding steroid dienone is 24. The van der Waals surface area contributed by atoms with Crippen LogP contribution in [-0.4, -0.2) is 37.2 Å². The quantitative estimate of drug-likeness (QED) is 0.0261. The molecule has 0 aromatic heterocycles. The second kappa shape index (κ2) is 58.9. The van der Waals surface area contributed by atoms with Crippen molar-refractivity contribution in [3.63, 3.8) is 0 Å². The Balaban J connectivity index is 4.27. The number of ether oxygens (including phenoxy) is 3. The first-order chi connectivity index (χ1) is 35.5. The van der Waals surface area contributed by atoms with Gasteiger partial charge in [0.2, 0.25) is 0 Å². The molecule has 0 spiro atoms. The topological polar surface area (TPSA) is 78.9 Å². The van der Waals surface area contributed by atoms with E-state index in [0.29, 0.717) is 19.3 Å². The molecule has 0 aliphatic heterocycles. The lowest BCUT2D eigenvalue weighted by Gasteiger charge is -2.18. The Kier molecular flexibility index (Phi) is 55.0. The summed E-state index contributed by atoms with van der Waals surface area (Å²) in [6.07, 6.45) is 84.4. The molecule has 0 aromatic carbocycles. The summed E-state index contributed by atoms with van der Waals surface area (Å²) in [6.45, 7) is 6.30. The number of rotatable bonds is 50. The molecule has 0 aliphatic carbocycles. The summed E-state index contributed by atoms with van der Waals surface area (Å²) in [4.78, 5) is 37.9. The average Bonchev–Trinajstić information content (AvgIpc) is 3.38. The molecule has 0 saturated heterocycles. The van der Waals surface area contributed by atoms with Crippen molar-refractivity contribution in [1.82, 2.24) is 0 Å². The molecule has 1 atom stereocenters. The summed E-state index contributed by atoms with van der Waals surface area (Å²) in [5.41, 5.74) is 0. The zero-order valence-corrected chi connectivity index (χ0v) is 46.1. The predicted molar refractivity (Wildman–Crippen MR) is 311 cm³/mol. The van der Waals surface area contributed by atoms with Gasteiger partial charge in [-0.05, 0) is 122 Å². The molecule has 0 radical (unpaired) electrons. The maximum absolute atomic E-state index is 12.8. The number of unbranched alkanes of at least 4 members (excludes halogenated alkanes) is 15. The van der Waals surface area contributed by atoms with E-state index in [2.05, 4.69) is 167 Å². The maximum atomic E-state index is 12.8. The van der Waals surface area contributed by atoms with E-state index in [-0.39, 0.29) is 31.1 Å². The molecule has 0 aliphatic rings. The van der Waals surface area contributed by atoms with Crippen LogP contribution >= 0.6 is 0 Å². The summed E-state index contributed by atoms with van der Waals surface area (Å²) < 4.78 is 16.7. The molecule has 6 nitrogen and oxygen atoms in total. The van der Waals surface area contributed by atoms with Crippen LogP contribution in [0.2, 0.25) is 0 Å². The summed E-state index contributed by atoms with van der Waals surface area (Å²) in [7, 11) is 0. The molecule has 0 fully saturated rings. The van der Waals surface area contributed by atoms with Crippen molar-refractivity contribution < 1.29 is 28.6 Å². The highest BCUT2D eigenvalue weighted by Gasteiger charge is 2.19. The monoisotopic (exact) mass is 993 g/mol. The molecular formula is C66H104O6. The van der Waals surface area contributed by atoms with Crippen LogP contribution in [0.4, 0.5) is 0 Å². The van der Waals surface area contributed by atoms with Crippen LogP contribution in [-0.2, 0) is 28.6 Å². The fourth-order valence-corrected chi connectivity index (χ4v) is 7.33. The predicted octanol–water partition coefficient (Wildman–Crippen LogP) is 19.6. The van der Waals surface area contributed by atoms with Crippen LogP contribution in [0, 0.1) is 0 Å². The molecule has 0 N–H and O–H groups in total. The third-order valence-corrected chi connectivity index (χ3v) is 11.6. The molecule has 6 heteroatoms. The summed E-state index contributed by atoms with van der Waals surface area (Å²) in [5, 5.41) is 0. The maximum Gasteiger partial charge on any atom is 0.306 e. The third kappa shape index (κ3) is 56.2. The van der Waals surface area contributed by atoms with Crippen LogP contribution in [0.1, 0.15) is 233 Å². The van der Waals surface area contributed by atoms with Gasteiger partial charge in [0.1, 0.15) is 13.2 Å². The Hall–Kier alpha value is -4.71. The van der Waals surface area contributed by atoms with Crippen molar-refractivity contribution >= 4 is 17.9 Å². The van der Waals surface area contributed by atoms with Crippen LogP contribution in [0.5, 0.6) is 0 Å². The summed E-state index contributed by atoms with van der Waals surface area (Å²) >= 11 is 0. The van der Waals surface area contributed by atoms with Gasteiger partial charge in [0.05, 0.1) is 0 Å². The van der Waals surface area contributed by atoms with E-state index in [0.717, 1.165) is 173 Å². The fraction of sp³-hybridized carbons (Fsp3) is 0.591. The third-order valence-electron chi connectivity index (χ3n) is 11.6. The molecule has 0 bridgehead atoms. The van der Waals surface area contributed by atoms with Gasteiger partial charge in [-0.15, -0.1) is 0 Å². The van der Waals surface area contributed by atoms with Gasteiger partial charge >= 0.3 is 17.9 Å². The van der Waals surface area contributed by atoms with Crippen molar-refractivity contribution in [2.45, 2.75) is 239 Å². The van der Waals surface area contributed by atoms with Crippen LogP contribution in [0.15, 0.2) is 146 Å². The Morgan fingerprint density at radius 1 is 0.292 bits per heavy atom. The first-order valence-electron chi connectivity index (χ1n) is 28.8. The van der Waals surface area contributed by atoms with E-state index in [1.807, 2.05) is 0 Å². The lowest BCUT2D eigenvalue weighted by atomic mass is 10.1. The van der Waals surface area contributed by atoms with Gasteiger partial charge < -0.3 is 14.2 Å². The Morgan fingerprint density at radius 3 is 0.847 bits per heavy atom. The Bertz CT molecular complexity index is 1610. The van der Waals surface area contributed by atoms with Gasteiger partial charge in [0.15, 0.2) is 6.10 Å². The molecule has 404 valence electrons. The highest BCUT2D eigenvalue weighted by atomic mass is 16.6. The summed E-state index contributed by atoms with van der Waals surface area (Å²) in [5.74, 6) is -0.954. The molecule has 0 rings (SSSR count). The number of hydrogen-bond donors (Lipinski definition) is 0. The Morgan fingerprint density at radius 2 is 0.542 bits per heavy atom. The van der Waals surface area contributed by atoms with Crippen molar-refractivity contribution in [3.8, 4) is 0 Å². The minimum Gasteiger partial charge on any atom is -0.462 e. The molecule has 72 heavy (non-hydrogen) atoms. The number of hydrogen-bond acceptors (Lipinski definition) is 6. The minimum atomic E-state index is -0.800. The van der Waals surface area contributed by atoms with Crippen LogP contribution in [0.3, 0.4) is 0 Å². The number of esters is 3. The largest absolute Gasteiger partial charge is 0.462 e. The van der Waals surface area contributed by atoms with E-state index in [9.17, 15) is 14.4 Å². The smallest absolute Gasteiger partial charge is 0.306 e. The molecule has 0 heterocycles. The van der Waals surface area contributed by atoms with Gasteiger partial charge in [-0.2, -0.15) is 0 Å². The SMILES string of the molecule is CC/C=C\C/C=C\C/C=C\C/C=C\C/C=C\C/C=C\C/C=C\CCCCCCCC(=O)OCC(COC(=O)CCCCCCCC)OC(=O)CCCCCCC/C=C\C/C=C\C/C=C\C/C=C\C/C=C\CC. The first-order valence-corrected chi connectivity index (χ1v) is 28.8. The Labute approximate surface area is 442 Å². The van der Waals surface area contributed by atoms with Gasteiger partial charge in [0, 0.05) is 19.3 Å². The molecule has 0 aromatic rings. The second-order valence-corrected chi connectivity index (χ2v) is 18.4. The number of carbonyl (C=O) groups is 3. The summed E-state index contributed by atoms with van der Waals surface area (Å²) in [6, 6.07) is 0. The van der Waals surface area contributed by atoms with Gasteiger partial charge in [-0.25, -0.2) is 0 Å². The normalized spacial score (nSPS) is 13.2.